The van der Waals surface area contributed by atoms with Crippen LogP contribution >= 0.6 is 0 Å². The fourth-order valence-electron chi connectivity index (χ4n) is 1.06. The molecule has 0 aliphatic heterocycles. The zero-order valence-electron chi connectivity index (χ0n) is 10.0. The Hall–Kier alpha value is -2.30. The van der Waals surface area contributed by atoms with E-state index in [4.69, 9.17) is 11.5 Å². The van der Waals surface area contributed by atoms with Crippen LogP contribution in [-0.2, 0) is 0 Å². The minimum atomic E-state index is 0.535. The van der Waals surface area contributed by atoms with Crippen LogP contribution in [0.25, 0.3) is 0 Å². The Labute approximate surface area is 101 Å². The molecule has 0 atom stereocenters. The van der Waals surface area contributed by atoms with Gasteiger partial charge in [-0.25, -0.2) is 0 Å². The molecule has 0 bridgehead atoms. The fourth-order valence-corrected chi connectivity index (χ4v) is 1.06. The maximum atomic E-state index is 5.35. The summed E-state index contributed by atoms with van der Waals surface area (Å²) in [7, 11) is 4.02. The summed E-state index contributed by atoms with van der Waals surface area (Å²) in [6.07, 6.45) is 6.70. The zero-order chi connectivity index (χ0) is 12.7. The van der Waals surface area contributed by atoms with Crippen LogP contribution < -0.4 is 16.4 Å². The fraction of sp³-hybridized carbons (Fsp3) is 0.167. The summed E-state index contributed by atoms with van der Waals surface area (Å²) in [5.41, 5.74) is 13.0. The van der Waals surface area contributed by atoms with E-state index in [0.29, 0.717) is 11.4 Å². The van der Waals surface area contributed by atoms with Crippen LogP contribution in [0.15, 0.2) is 43.0 Å². The number of hydrogen-bond acceptors (Lipinski definition) is 5. The van der Waals surface area contributed by atoms with E-state index in [0.717, 1.165) is 0 Å². The highest BCUT2D eigenvalue weighted by Crippen LogP contribution is 2.08. The molecular weight excluding hydrogens is 214 g/mol. The summed E-state index contributed by atoms with van der Waals surface area (Å²) in [4.78, 5) is 9.68. The first-order chi connectivity index (χ1) is 8.11. The molecule has 0 spiro atoms. The third-order valence-corrected chi connectivity index (χ3v) is 2.07. The molecule has 0 aliphatic carbocycles. The molecule has 0 radical (unpaired) electrons. The number of anilines is 3. The Morgan fingerprint density at radius 1 is 0.882 bits per heavy atom. The molecule has 2 aromatic heterocycles. The Bertz CT molecular complexity index is 421. The van der Waals surface area contributed by atoms with Crippen molar-refractivity contribution in [2.24, 2.45) is 0 Å². The maximum Gasteiger partial charge on any atom is 0.0734 e. The Morgan fingerprint density at radius 2 is 1.47 bits per heavy atom. The minimum absolute atomic E-state index is 0.535. The number of aromatic nitrogens is 2. The van der Waals surface area contributed by atoms with Gasteiger partial charge < -0.3 is 16.4 Å². The number of nitrogens with two attached hydrogens (primary N) is 2. The van der Waals surface area contributed by atoms with Gasteiger partial charge in [0.1, 0.15) is 0 Å². The van der Waals surface area contributed by atoms with Gasteiger partial charge in [0.15, 0.2) is 0 Å². The lowest BCUT2D eigenvalue weighted by molar-refractivity contribution is 1.12. The molecule has 0 saturated heterocycles. The number of hydrogen-bond donors (Lipinski definition) is 2. The van der Waals surface area contributed by atoms with Gasteiger partial charge in [0.2, 0.25) is 0 Å². The molecule has 17 heavy (non-hydrogen) atoms. The van der Waals surface area contributed by atoms with Gasteiger partial charge in [0.25, 0.3) is 0 Å². The lowest BCUT2D eigenvalue weighted by atomic mass is 10.4. The third-order valence-electron chi connectivity index (χ3n) is 2.07. The van der Waals surface area contributed by atoms with Crippen LogP contribution in [-0.4, -0.2) is 24.1 Å². The van der Waals surface area contributed by atoms with Gasteiger partial charge in [-0.3, -0.25) is 9.97 Å². The molecule has 0 saturated carbocycles. The Morgan fingerprint density at radius 3 is 1.82 bits per heavy atom. The van der Waals surface area contributed by atoms with E-state index < -0.39 is 0 Å². The first-order valence-electron chi connectivity index (χ1n) is 5.13. The second-order valence-electron chi connectivity index (χ2n) is 3.60. The summed E-state index contributed by atoms with van der Waals surface area (Å²) >= 11 is 0. The molecule has 0 aliphatic rings. The minimum Gasteiger partial charge on any atom is -0.397 e. The van der Waals surface area contributed by atoms with Crippen molar-refractivity contribution in [2.75, 3.05) is 30.5 Å². The third kappa shape index (κ3) is 4.38. The zero-order valence-corrected chi connectivity index (χ0v) is 10.0. The van der Waals surface area contributed by atoms with Gasteiger partial charge in [-0.15, -0.1) is 0 Å². The molecule has 90 valence electrons. The van der Waals surface area contributed by atoms with Crippen molar-refractivity contribution in [1.29, 1.82) is 0 Å². The van der Waals surface area contributed by atoms with E-state index in [9.17, 15) is 0 Å². The van der Waals surface area contributed by atoms with E-state index in [1.807, 2.05) is 31.1 Å². The second kappa shape index (κ2) is 6.32. The summed E-state index contributed by atoms with van der Waals surface area (Å²) in [6, 6.07) is 5.61. The predicted octanol–water partition coefficient (Wildman–Crippen LogP) is 1.39. The van der Waals surface area contributed by atoms with Crippen molar-refractivity contribution in [3.8, 4) is 0 Å². The van der Waals surface area contributed by atoms with Gasteiger partial charge in [-0.1, -0.05) is 0 Å². The summed E-state index contributed by atoms with van der Waals surface area (Å²) < 4.78 is 0. The van der Waals surface area contributed by atoms with Crippen LogP contribution in [0.1, 0.15) is 0 Å². The van der Waals surface area contributed by atoms with Crippen LogP contribution in [0, 0.1) is 0 Å². The van der Waals surface area contributed by atoms with Crippen molar-refractivity contribution in [3.63, 3.8) is 0 Å². The second-order valence-corrected chi connectivity index (χ2v) is 3.60. The topological polar surface area (TPSA) is 81.1 Å². The van der Waals surface area contributed by atoms with E-state index in [-0.39, 0.29) is 0 Å². The highest BCUT2D eigenvalue weighted by Gasteiger charge is 1.88. The van der Waals surface area contributed by atoms with Gasteiger partial charge >= 0.3 is 0 Å². The van der Waals surface area contributed by atoms with Gasteiger partial charge in [-0.2, -0.15) is 0 Å². The lowest BCUT2D eigenvalue weighted by Crippen LogP contribution is -2.07. The van der Waals surface area contributed by atoms with E-state index in [1.165, 1.54) is 11.9 Å². The molecule has 2 heterocycles. The standard InChI is InChI=1S/C7H10N2.C5H7N3/c1-9(2)7-3-5-8-6-4-7;6-4-1-2-8-3-5(4)7/h3-6H,1-2H3;1-3H,7H2,(H2,6,8). The van der Waals surface area contributed by atoms with Crippen molar-refractivity contribution in [2.45, 2.75) is 0 Å². The van der Waals surface area contributed by atoms with E-state index >= 15 is 0 Å². The van der Waals surface area contributed by atoms with Crippen LogP contribution in [0.4, 0.5) is 17.1 Å². The molecule has 0 unspecified atom stereocenters. The molecule has 0 amide bonds. The molecule has 4 N–H and O–H groups in total. The number of nitrogens with zero attached hydrogens (tertiary/aromatic N) is 3. The predicted molar refractivity (Wildman–Crippen MR) is 71.6 cm³/mol. The Kier molecular flexibility index (Phi) is 4.75. The van der Waals surface area contributed by atoms with E-state index in [2.05, 4.69) is 9.97 Å². The summed E-state index contributed by atoms with van der Waals surface area (Å²) in [5, 5.41) is 0. The van der Waals surface area contributed by atoms with Gasteiger partial charge in [0, 0.05) is 38.4 Å². The number of pyridine rings is 2. The molecular formula is C12H17N5. The molecule has 0 fully saturated rings. The van der Waals surface area contributed by atoms with Crippen molar-refractivity contribution < 1.29 is 0 Å². The van der Waals surface area contributed by atoms with Crippen molar-refractivity contribution >= 4 is 17.1 Å². The van der Waals surface area contributed by atoms with Crippen molar-refractivity contribution in [3.05, 3.63) is 43.0 Å². The highest BCUT2D eigenvalue weighted by molar-refractivity contribution is 5.60. The first kappa shape index (κ1) is 12.8. The van der Waals surface area contributed by atoms with Crippen molar-refractivity contribution in [1.82, 2.24) is 9.97 Å². The maximum absolute atomic E-state index is 5.35. The smallest absolute Gasteiger partial charge is 0.0734 e. The largest absolute Gasteiger partial charge is 0.397 e. The van der Waals surface area contributed by atoms with Gasteiger partial charge in [-0.05, 0) is 18.2 Å². The molecule has 0 aromatic carbocycles. The average molecular weight is 231 g/mol. The molecule has 2 rings (SSSR count). The number of rotatable bonds is 1. The monoisotopic (exact) mass is 231 g/mol. The molecule has 5 nitrogen and oxygen atoms in total. The van der Waals surface area contributed by atoms with E-state index in [1.54, 1.807) is 24.7 Å². The summed E-state index contributed by atoms with van der Waals surface area (Å²) in [6.45, 7) is 0. The number of nitrogen functional groups attached to an aromatic ring is 2. The van der Waals surface area contributed by atoms with Crippen LogP contribution in [0.2, 0.25) is 0 Å². The molecule has 5 heteroatoms. The first-order valence-corrected chi connectivity index (χ1v) is 5.13. The van der Waals surface area contributed by atoms with Crippen LogP contribution in [0.5, 0.6) is 0 Å². The normalized spacial score (nSPS) is 9.06. The van der Waals surface area contributed by atoms with Crippen LogP contribution in [0.3, 0.4) is 0 Å². The molecule has 2 aromatic rings. The lowest BCUT2D eigenvalue weighted by Gasteiger charge is -2.10. The quantitative estimate of drug-likeness (QED) is 0.775. The summed E-state index contributed by atoms with van der Waals surface area (Å²) in [5.74, 6) is 0. The van der Waals surface area contributed by atoms with Gasteiger partial charge in [0.05, 0.1) is 17.6 Å². The Balaban J connectivity index is 0.000000171. The SMILES string of the molecule is CN(C)c1ccncc1.Nc1ccncc1N. The average Bonchev–Trinajstić information content (AvgIpc) is 2.35. The highest BCUT2D eigenvalue weighted by atomic mass is 15.1.